The molecule has 1 nitrogen and oxygen atoms in total. The first-order chi connectivity index (χ1) is 5.70. The van der Waals surface area contributed by atoms with E-state index >= 15 is 0 Å². The standard InChI is InChI=1S/C11H24O/c1-5-7-8-11(6-2)9-12-10(3)4/h10-11H,5-9H2,1-4H3. The summed E-state index contributed by atoms with van der Waals surface area (Å²) < 4.78 is 5.59. The molecular formula is C11H24O. The predicted octanol–water partition coefficient (Wildman–Crippen LogP) is 3.63. The third-order valence-electron chi connectivity index (χ3n) is 2.21. The van der Waals surface area contributed by atoms with E-state index in [2.05, 4.69) is 27.7 Å². The summed E-state index contributed by atoms with van der Waals surface area (Å²) in [4.78, 5) is 0. The van der Waals surface area contributed by atoms with Crippen LogP contribution < -0.4 is 0 Å². The Labute approximate surface area is 77.5 Å². The highest BCUT2D eigenvalue weighted by Gasteiger charge is 2.06. The normalized spacial score (nSPS) is 13.8. The number of hydrogen-bond acceptors (Lipinski definition) is 1. The highest BCUT2D eigenvalue weighted by atomic mass is 16.5. The highest BCUT2D eigenvalue weighted by molar-refractivity contribution is 4.56. The minimum absolute atomic E-state index is 0.390. The van der Waals surface area contributed by atoms with Crippen molar-refractivity contribution in [2.75, 3.05) is 6.61 Å². The zero-order chi connectivity index (χ0) is 9.40. The van der Waals surface area contributed by atoms with Gasteiger partial charge in [-0.15, -0.1) is 0 Å². The molecule has 12 heavy (non-hydrogen) atoms. The summed E-state index contributed by atoms with van der Waals surface area (Å²) in [7, 11) is 0. The summed E-state index contributed by atoms with van der Waals surface area (Å²) >= 11 is 0. The molecule has 0 bridgehead atoms. The van der Waals surface area contributed by atoms with Crippen molar-refractivity contribution < 1.29 is 4.74 Å². The fourth-order valence-electron chi connectivity index (χ4n) is 1.23. The first-order valence-electron chi connectivity index (χ1n) is 5.32. The molecule has 0 saturated carbocycles. The van der Waals surface area contributed by atoms with Crippen LogP contribution in [0.15, 0.2) is 0 Å². The van der Waals surface area contributed by atoms with Crippen molar-refractivity contribution in [2.45, 2.75) is 59.5 Å². The molecule has 0 N–H and O–H groups in total. The van der Waals surface area contributed by atoms with E-state index in [-0.39, 0.29) is 0 Å². The van der Waals surface area contributed by atoms with E-state index < -0.39 is 0 Å². The lowest BCUT2D eigenvalue weighted by atomic mass is 10.0. The van der Waals surface area contributed by atoms with Crippen molar-refractivity contribution in [2.24, 2.45) is 5.92 Å². The second-order valence-corrected chi connectivity index (χ2v) is 3.80. The molecule has 1 heteroatoms. The van der Waals surface area contributed by atoms with Gasteiger partial charge in [-0.2, -0.15) is 0 Å². The van der Waals surface area contributed by atoms with E-state index in [9.17, 15) is 0 Å². The predicted molar refractivity (Wildman–Crippen MR) is 54.4 cm³/mol. The molecule has 0 rings (SSSR count). The maximum atomic E-state index is 5.59. The van der Waals surface area contributed by atoms with Crippen molar-refractivity contribution in [3.8, 4) is 0 Å². The summed E-state index contributed by atoms with van der Waals surface area (Å²) in [5.74, 6) is 0.785. The second kappa shape index (κ2) is 7.60. The minimum atomic E-state index is 0.390. The molecule has 0 aromatic heterocycles. The van der Waals surface area contributed by atoms with Gasteiger partial charge in [-0.05, 0) is 26.2 Å². The van der Waals surface area contributed by atoms with E-state index in [4.69, 9.17) is 4.74 Å². The molecule has 1 unspecified atom stereocenters. The van der Waals surface area contributed by atoms with Crippen LogP contribution in [0.1, 0.15) is 53.4 Å². The number of ether oxygens (including phenoxy) is 1. The van der Waals surface area contributed by atoms with Crippen molar-refractivity contribution in [3.63, 3.8) is 0 Å². The topological polar surface area (TPSA) is 9.23 Å². The molecule has 0 heterocycles. The van der Waals surface area contributed by atoms with Gasteiger partial charge >= 0.3 is 0 Å². The number of unbranched alkanes of at least 4 members (excludes halogenated alkanes) is 1. The van der Waals surface area contributed by atoms with E-state index in [0.717, 1.165) is 12.5 Å². The fourth-order valence-corrected chi connectivity index (χ4v) is 1.23. The van der Waals surface area contributed by atoms with Gasteiger partial charge in [0.25, 0.3) is 0 Å². The van der Waals surface area contributed by atoms with Crippen LogP contribution in [-0.2, 0) is 4.74 Å². The Bertz CT molecular complexity index is 89.0. The van der Waals surface area contributed by atoms with Crippen molar-refractivity contribution in [3.05, 3.63) is 0 Å². The van der Waals surface area contributed by atoms with Crippen LogP contribution in [0.2, 0.25) is 0 Å². The average Bonchev–Trinajstić information content (AvgIpc) is 2.05. The van der Waals surface area contributed by atoms with Gasteiger partial charge in [0.05, 0.1) is 6.10 Å². The van der Waals surface area contributed by atoms with Gasteiger partial charge in [0.1, 0.15) is 0 Å². The van der Waals surface area contributed by atoms with Gasteiger partial charge in [-0.1, -0.05) is 33.1 Å². The molecule has 0 aromatic carbocycles. The van der Waals surface area contributed by atoms with Gasteiger partial charge in [0, 0.05) is 6.61 Å². The Balaban J connectivity index is 3.39. The SMILES string of the molecule is CCCCC(CC)COC(C)C. The molecule has 0 aliphatic rings. The third kappa shape index (κ3) is 6.66. The van der Waals surface area contributed by atoms with E-state index in [0.29, 0.717) is 6.10 Å². The molecule has 1 atom stereocenters. The smallest absolute Gasteiger partial charge is 0.0519 e. The lowest BCUT2D eigenvalue weighted by Crippen LogP contribution is -2.13. The molecule has 0 aliphatic heterocycles. The summed E-state index contributed by atoms with van der Waals surface area (Å²) in [6.45, 7) is 9.66. The van der Waals surface area contributed by atoms with Crippen molar-refractivity contribution in [1.82, 2.24) is 0 Å². The molecule has 0 radical (unpaired) electrons. The van der Waals surface area contributed by atoms with Gasteiger partial charge in [0.2, 0.25) is 0 Å². The molecule has 0 amide bonds. The largest absolute Gasteiger partial charge is 0.379 e. The molecule has 0 aliphatic carbocycles. The van der Waals surface area contributed by atoms with Crippen LogP contribution in [0.4, 0.5) is 0 Å². The fraction of sp³-hybridized carbons (Fsp3) is 1.00. The monoisotopic (exact) mass is 172 g/mol. The molecule has 74 valence electrons. The van der Waals surface area contributed by atoms with Crippen LogP contribution in [0.25, 0.3) is 0 Å². The zero-order valence-corrected chi connectivity index (χ0v) is 9.10. The first kappa shape index (κ1) is 12.0. The molecule has 0 spiro atoms. The van der Waals surface area contributed by atoms with Crippen LogP contribution in [0, 0.1) is 5.92 Å². The van der Waals surface area contributed by atoms with Crippen LogP contribution in [0.3, 0.4) is 0 Å². The van der Waals surface area contributed by atoms with Gasteiger partial charge < -0.3 is 4.74 Å². The zero-order valence-electron chi connectivity index (χ0n) is 9.10. The van der Waals surface area contributed by atoms with Gasteiger partial charge in [0.15, 0.2) is 0 Å². The van der Waals surface area contributed by atoms with Crippen LogP contribution in [-0.4, -0.2) is 12.7 Å². The average molecular weight is 172 g/mol. The maximum Gasteiger partial charge on any atom is 0.0519 e. The van der Waals surface area contributed by atoms with Gasteiger partial charge in [-0.3, -0.25) is 0 Å². The lowest BCUT2D eigenvalue weighted by molar-refractivity contribution is 0.0474. The summed E-state index contributed by atoms with van der Waals surface area (Å²) in [5.41, 5.74) is 0. The van der Waals surface area contributed by atoms with Gasteiger partial charge in [-0.25, -0.2) is 0 Å². The Hall–Kier alpha value is -0.0400. The number of rotatable bonds is 7. The molecule has 0 fully saturated rings. The van der Waals surface area contributed by atoms with Crippen molar-refractivity contribution >= 4 is 0 Å². The van der Waals surface area contributed by atoms with E-state index in [1.807, 2.05) is 0 Å². The highest BCUT2D eigenvalue weighted by Crippen LogP contribution is 2.13. The summed E-state index contributed by atoms with van der Waals surface area (Å²) in [6, 6.07) is 0. The maximum absolute atomic E-state index is 5.59. The van der Waals surface area contributed by atoms with Crippen LogP contribution >= 0.6 is 0 Å². The Kier molecular flexibility index (Phi) is 7.58. The van der Waals surface area contributed by atoms with Crippen LogP contribution in [0.5, 0.6) is 0 Å². The Morgan fingerprint density at radius 2 is 1.83 bits per heavy atom. The molecule has 0 aromatic rings. The third-order valence-corrected chi connectivity index (χ3v) is 2.21. The van der Waals surface area contributed by atoms with E-state index in [1.54, 1.807) is 0 Å². The number of hydrogen-bond donors (Lipinski definition) is 0. The minimum Gasteiger partial charge on any atom is -0.379 e. The quantitative estimate of drug-likeness (QED) is 0.570. The summed E-state index contributed by atoms with van der Waals surface area (Å²) in [6.07, 6.45) is 5.63. The Morgan fingerprint density at radius 1 is 1.17 bits per heavy atom. The Morgan fingerprint density at radius 3 is 2.25 bits per heavy atom. The molecule has 0 saturated heterocycles. The van der Waals surface area contributed by atoms with Crippen molar-refractivity contribution in [1.29, 1.82) is 0 Å². The summed E-state index contributed by atoms with van der Waals surface area (Å²) in [5, 5.41) is 0. The first-order valence-corrected chi connectivity index (χ1v) is 5.32. The molecular weight excluding hydrogens is 148 g/mol. The van der Waals surface area contributed by atoms with E-state index in [1.165, 1.54) is 25.7 Å². The lowest BCUT2D eigenvalue weighted by Gasteiger charge is -2.16. The second-order valence-electron chi connectivity index (χ2n) is 3.80.